The van der Waals surface area contributed by atoms with Gasteiger partial charge in [0.1, 0.15) is 5.75 Å². The highest BCUT2D eigenvalue weighted by molar-refractivity contribution is 5.93. The number of likely N-dealkylation sites (tertiary alicyclic amines) is 1. The average molecular weight is 508 g/mol. The number of aromatic nitrogens is 1. The third-order valence-electron chi connectivity index (χ3n) is 7.04. The molecule has 0 radical (unpaired) electrons. The van der Waals surface area contributed by atoms with Gasteiger partial charge in [0.15, 0.2) is 0 Å². The lowest BCUT2D eigenvalue weighted by Gasteiger charge is -2.32. The van der Waals surface area contributed by atoms with Gasteiger partial charge in [0.2, 0.25) is 5.91 Å². The van der Waals surface area contributed by atoms with Crippen molar-refractivity contribution in [2.75, 3.05) is 32.1 Å². The monoisotopic (exact) mass is 507 g/mol. The molecule has 8 heteroatoms. The summed E-state index contributed by atoms with van der Waals surface area (Å²) in [5, 5.41) is 13.1. The van der Waals surface area contributed by atoms with Crippen LogP contribution in [0.1, 0.15) is 60.0 Å². The molecule has 2 aromatic carbocycles. The second-order valence-electron chi connectivity index (χ2n) is 9.73. The number of aromatic amines is 1. The topological polar surface area (TPSA) is 104 Å². The van der Waals surface area contributed by atoms with Crippen LogP contribution in [0.4, 0.5) is 5.69 Å². The van der Waals surface area contributed by atoms with E-state index in [1.54, 1.807) is 19.2 Å². The van der Waals surface area contributed by atoms with Crippen molar-refractivity contribution in [1.82, 2.24) is 9.88 Å². The van der Waals surface area contributed by atoms with Crippen LogP contribution >= 0.6 is 0 Å². The molecule has 1 aliphatic rings. The molecule has 1 fully saturated rings. The summed E-state index contributed by atoms with van der Waals surface area (Å²) in [6.07, 6.45) is 7.34. The molecule has 0 atom stereocenters. The van der Waals surface area contributed by atoms with Crippen LogP contribution in [-0.2, 0) is 16.1 Å². The van der Waals surface area contributed by atoms with Gasteiger partial charge < -0.3 is 24.9 Å². The number of benzene rings is 2. The first-order valence-corrected chi connectivity index (χ1v) is 13.1. The molecule has 0 unspecified atom stereocenters. The number of anilines is 1. The number of unbranched alkanes of at least 4 members (excludes halogenated alkanes) is 2. The number of amides is 1. The summed E-state index contributed by atoms with van der Waals surface area (Å²) < 4.78 is 11.8. The molecule has 3 N–H and O–H groups in total. The molecule has 1 saturated heterocycles. The van der Waals surface area contributed by atoms with E-state index in [9.17, 15) is 9.59 Å². The second kappa shape index (κ2) is 12.7. The van der Waals surface area contributed by atoms with E-state index in [0.717, 1.165) is 57.5 Å². The zero-order valence-electron chi connectivity index (χ0n) is 21.7. The largest absolute Gasteiger partial charge is 0.496 e. The standard InChI is InChI=1S/C29H37N3O5/c1-20-17-26(36-2)25(24-10-13-30-28(20)24)19-32-14-11-23(12-15-32)37-16-5-3-4-9-27(33)31-22-8-6-7-21(18-22)29(34)35/h6-8,10,13,17-18,23,30H,3-5,9,11-12,14-16,19H2,1-2H3,(H,31,33)(H,34,35). The quantitative estimate of drug-likeness (QED) is 0.285. The van der Waals surface area contributed by atoms with Crippen molar-refractivity contribution in [1.29, 1.82) is 0 Å². The molecule has 4 rings (SSSR count). The number of aryl methyl sites for hydroxylation is 1. The fourth-order valence-electron chi connectivity index (χ4n) is 5.01. The summed E-state index contributed by atoms with van der Waals surface area (Å²) in [6.45, 7) is 5.68. The number of hydrogen-bond donors (Lipinski definition) is 3. The minimum absolute atomic E-state index is 0.0991. The lowest BCUT2D eigenvalue weighted by molar-refractivity contribution is -0.116. The Hall–Kier alpha value is -3.36. The number of carboxylic acid groups (broad SMARTS) is 1. The Kier molecular flexibility index (Phi) is 9.19. The van der Waals surface area contributed by atoms with Crippen LogP contribution in [-0.4, -0.2) is 59.8 Å². The summed E-state index contributed by atoms with van der Waals surface area (Å²) in [6, 6.07) is 10.5. The van der Waals surface area contributed by atoms with Crippen molar-refractivity contribution >= 4 is 28.5 Å². The van der Waals surface area contributed by atoms with E-state index in [1.165, 1.54) is 34.2 Å². The van der Waals surface area contributed by atoms with Crippen molar-refractivity contribution in [3.8, 4) is 5.75 Å². The van der Waals surface area contributed by atoms with E-state index in [4.69, 9.17) is 14.6 Å². The first-order chi connectivity index (χ1) is 17.9. The van der Waals surface area contributed by atoms with E-state index in [-0.39, 0.29) is 17.6 Å². The number of hydrogen-bond acceptors (Lipinski definition) is 5. The van der Waals surface area contributed by atoms with Crippen LogP contribution in [0.15, 0.2) is 42.6 Å². The zero-order valence-corrected chi connectivity index (χ0v) is 21.7. The molecule has 37 heavy (non-hydrogen) atoms. The van der Waals surface area contributed by atoms with Crippen LogP contribution in [0, 0.1) is 6.92 Å². The van der Waals surface area contributed by atoms with Gasteiger partial charge >= 0.3 is 5.97 Å². The van der Waals surface area contributed by atoms with Gasteiger partial charge in [-0.05, 0) is 68.5 Å². The first-order valence-electron chi connectivity index (χ1n) is 13.1. The summed E-state index contributed by atoms with van der Waals surface area (Å²) >= 11 is 0. The Labute approximate surface area is 218 Å². The SMILES string of the molecule is COc1cc(C)c2[nH]ccc2c1CN1CCC(OCCCCCC(=O)Nc2cccc(C(=O)O)c2)CC1. The van der Waals surface area contributed by atoms with Crippen molar-refractivity contribution in [2.24, 2.45) is 0 Å². The highest BCUT2D eigenvalue weighted by Gasteiger charge is 2.22. The second-order valence-corrected chi connectivity index (χ2v) is 9.73. The number of nitrogens with zero attached hydrogens (tertiary/aromatic N) is 1. The van der Waals surface area contributed by atoms with E-state index < -0.39 is 5.97 Å². The van der Waals surface area contributed by atoms with Gasteiger partial charge in [0.05, 0.1) is 18.8 Å². The number of H-pyrrole nitrogens is 1. The predicted molar refractivity (Wildman–Crippen MR) is 144 cm³/mol. The Morgan fingerprint density at radius 2 is 1.95 bits per heavy atom. The van der Waals surface area contributed by atoms with Crippen molar-refractivity contribution < 1.29 is 24.2 Å². The third kappa shape index (κ3) is 7.11. The summed E-state index contributed by atoms with van der Waals surface area (Å²) in [4.78, 5) is 29.0. The van der Waals surface area contributed by atoms with Gasteiger partial charge in [-0.15, -0.1) is 0 Å². The lowest BCUT2D eigenvalue weighted by Crippen LogP contribution is -2.36. The zero-order chi connectivity index (χ0) is 26.2. The Bertz CT molecular complexity index is 1210. The molecular formula is C29H37N3O5. The van der Waals surface area contributed by atoms with Gasteiger partial charge in [-0.1, -0.05) is 12.5 Å². The molecule has 1 aliphatic heterocycles. The van der Waals surface area contributed by atoms with Gasteiger partial charge in [-0.3, -0.25) is 9.69 Å². The Morgan fingerprint density at radius 1 is 1.14 bits per heavy atom. The van der Waals surface area contributed by atoms with Crippen LogP contribution < -0.4 is 10.1 Å². The third-order valence-corrected chi connectivity index (χ3v) is 7.04. The molecule has 1 aromatic heterocycles. The van der Waals surface area contributed by atoms with Gasteiger partial charge in [0, 0.05) is 61.0 Å². The van der Waals surface area contributed by atoms with Crippen LogP contribution in [0.3, 0.4) is 0 Å². The molecular weight excluding hydrogens is 470 g/mol. The molecule has 8 nitrogen and oxygen atoms in total. The van der Waals surface area contributed by atoms with Crippen LogP contribution in [0.2, 0.25) is 0 Å². The number of ether oxygens (including phenoxy) is 2. The summed E-state index contributed by atoms with van der Waals surface area (Å²) in [5.74, 6) is -0.158. The van der Waals surface area contributed by atoms with Gasteiger partial charge in [0.25, 0.3) is 0 Å². The number of carbonyl (C=O) groups excluding carboxylic acids is 1. The van der Waals surface area contributed by atoms with Gasteiger partial charge in [-0.25, -0.2) is 4.79 Å². The summed E-state index contributed by atoms with van der Waals surface area (Å²) in [5.41, 5.74) is 4.28. The molecule has 2 heterocycles. The number of carbonyl (C=O) groups is 2. The maximum absolute atomic E-state index is 12.1. The number of nitrogens with one attached hydrogen (secondary N) is 2. The number of rotatable bonds is 12. The van der Waals surface area contributed by atoms with Crippen molar-refractivity contribution in [3.05, 3.63) is 59.3 Å². The fourth-order valence-corrected chi connectivity index (χ4v) is 5.01. The fraction of sp³-hybridized carbons (Fsp3) is 0.448. The minimum Gasteiger partial charge on any atom is -0.496 e. The predicted octanol–water partition coefficient (Wildman–Crippen LogP) is 5.36. The smallest absolute Gasteiger partial charge is 0.335 e. The van der Waals surface area contributed by atoms with Crippen LogP contribution in [0.5, 0.6) is 5.75 Å². The number of carboxylic acids is 1. The maximum atomic E-state index is 12.1. The van der Waals surface area contributed by atoms with E-state index in [2.05, 4.69) is 34.3 Å². The maximum Gasteiger partial charge on any atom is 0.335 e. The molecule has 1 amide bonds. The highest BCUT2D eigenvalue weighted by atomic mass is 16.5. The number of piperidine rings is 1. The number of methoxy groups -OCH3 is 1. The lowest BCUT2D eigenvalue weighted by atomic mass is 10.0. The van der Waals surface area contributed by atoms with E-state index in [0.29, 0.717) is 18.7 Å². The molecule has 0 aliphatic carbocycles. The highest BCUT2D eigenvalue weighted by Crippen LogP contribution is 2.32. The Morgan fingerprint density at radius 3 is 2.70 bits per heavy atom. The van der Waals surface area contributed by atoms with Crippen molar-refractivity contribution in [3.63, 3.8) is 0 Å². The number of aromatic carboxylic acids is 1. The molecule has 0 spiro atoms. The van der Waals surface area contributed by atoms with E-state index >= 15 is 0 Å². The summed E-state index contributed by atoms with van der Waals surface area (Å²) in [7, 11) is 1.74. The van der Waals surface area contributed by atoms with Gasteiger partial charge in [-0.2, -0.15) is 0 Å². The Balaban J connectivity index is 1.12. The first kappa shape index (κ1) is 26.7. The van der Waals surface area contributed by atoms with Crippen LogP contribution in [0.25, 0.3) is 10.9 Å². The normalized spacial score (nSPS) is 14.6. The average Bonchev–Trinajstić information content (AvgIpc) is 3.39. The molecule has 198 valence electrons. The molecule has 3 aromatic rings. The number of fused-ring (bicyclic) bond motifs is 1. The minimum atomic E-state index is -1.01. The molecule has 0 bridgehead atoms. The van der Waals surface area contributed by atoms with Crippen molar-refractivity contribution in [2.45, 2.75) is 58.1 Å². The van der Waals surface area contributed by atoms with E-state index in [1.807, 2.05) is 6.20 Å². The molecule has 0 saturated carbocycles.